The van der Waals surface area contributed by atoms with Crippen LogP contribution in [0.5, 0.6) is 11.5 Å². The smallest absolute Gasteiger partial charge is 0.194 e. The van der Waals surface area contributed by atoms with Crippen LogP contribution in [0.3, 0.4) is 0 Å². The van der Waals surface area contributed by atoms with Gasteiger partial charge in [-0.15, -0.1) is 0 Å². The Labute approximate surface area is 151 Å². The number of rotatable bonds is 5. The van der Waals surface area contributed by atoms with E-state index < -0.39 is 0 Å². The van der Waals surface area contributed by atoms with E-state index in [1.165, 1.54) is 25.7 Å². The Morgan fingerprint density at radius 1 is 1.24 bits per heavy atom. The van der Waals surface area contributed by atoms with Crippen LogP contribution in [-0.2, 0) is 6.54 Å². The lowest BCUT2D eigenvalue weighted by Crippen LogP contribution is -2.40. The zero-order chi connectivity index (χ0) is 17.6. The first-order chi connectivity index (χ1) is 12.2. The van der Waals surface area contributed by atoms with Crippen LogP contribution in [0.2, 0.25) is 0 Å². The summed E-state index contributed by atoms with van der Waals surface area (Å²) in [5.74, 6) is 3.42. The highest BCUT2D eigenvalue weighted by Crippen LogP contribution is 2.36. The van der Waals surface area contributed by atoms with Gasteiger partial charge in [0.15, 0.2) is 17.5 Å². The molecule has 0 spiro atoms. The van der Waals surface area contributed by atoms with Gasteiger partial charge < -0.3 is 20.1 Å². The molecule has 0 bridgehead atoms. The fourth-order valence-corrected chi connectivity index (χ4v) is 4.10. The van der Waals surface area contributed by atoms with Gasteiger partial charge in [0.25, 0.3) is 0 Å². The molecule has 2 fully saturated rings. The van der Waals surface area contributed by atoms with Crippen molar-refractivity contribution in [2.24, 2.45) is 16.8 Å². The molecule has 1 aliphatic heterocycles. The van der Waals surface area contributed by atoms with Gasteiger partial charge in [-0.3, -0.25) is 0 Å². The van der Waals surface area contributed by atoms with Crippen LogP contribution < -0.4 is 10.1 Å². The maximum atomic E-state index is 9.84. The molecule has 0 radical (unpaired) electrons. The molecule has 25 heavy (non-hydrogen) atoms. The maximum absolute atomic E-state index is 9.84. The summed E-state index contributed by atoms with van der Waals surface area (Å²) in [6.07, 6.45) is 5.51. The summed E-state index contributed by atoms with van der Waals surface area (Å²) >= 11 is 0. The third-order valence-corrected chi connectivity index (χ3v) is 5.35. The van der Waals surface area contributed by atoms with Gasteiger partial charge in [0.2, 0.25) is 0 Å². The van der Waals surface area contributed by atoms with E-state index in [0.29, 0.717) is 18.9 Å². The van der Waals surface area contributed by atoms with Crippen LogP contribution in [0.25, 0.3) is 0 Å². The third kappa shape index (κ3) is 4.39. The molecule has 3 rings (SSSR count). The van der Waals surface area contributed by atoms with Crippen LogP contribution in [0.1, 0.15) is 45.1 Å². The minimum atomic E-state index is 0.185. The second-order valence-corrected chi connectivity index (χ2v) is 7.11. The monoisotopic (exact) mass is 345 g/mol. The van der Waals surface area contributed by atoms with E-state index in [4.69, 9.17) is 9.73 Å². The zero-order valence-corrected chi connectivity index (χ0v) is 15.5. The van der Waals surface area contributed by atoms with Crippen molar-refractivity contribution in [2.75, 3.05) is 26.2 Å². The number of hydrogen-bond donors (Lipinski definition) is 2. The number of benzene rings is 1. The number of nitrogens with one attached hydrogen (secondary N) is 1. The Bertz CT molecular complexity index is 589. The minimum Gasteiger partial charge on any atom is -0.504 e. The predicted molar refractivity (Wildman–Crippen MR) is 101 cm³/mol. The molecular formula is C20H31N3O2. The van der Waals surface area contributed by atoms with E-state index in [1.54, 1.807) is 6.07 Å². The molecule has 1 aliphatic carbocycles. The van der Waals surface area contributed by atoms with Crippen molar-refractivity contribution in [3.63, 3.8) is 0 Å². The van der Waals surface area contributed by atoms with Crippen LogP contribution in [0.4, 0.5) is 0 Å². The number of aromatic hydroxyl groups is 1. The normalized spacial score (nSPS) is 23.4. The lowest BCUT2D eigenvalue weighted by molar-refractivity contribution is 0.299. The van der Waals surface area contributed by atoms with Crippen molar-refractivity contribution in [1.82, 2.24) is 10.2 Å². The van der Waals surface area contributed by atoms with Gasteiger partial charge in [-0.2, -0.15) is 0 Å². The van der Waals surface area contributed by atoms with Gasteiger partial charge in [0.05, 0.1) is 13.2 Å². The van der Waals surface area contributed by atoms with E-state index in [-0.39, 0.29) is 5.75 Å². The first kappa shape index (κ1) is 17.9. The zero-order valence-electron chi connectivity index (χ0n) is 15.5. The largest absolute Gasteiger partial charge is 0.504 e. The molecule has 138 valence electrons. The number of ether oxygens (including phenoxy) is 1. The molecule has 0 aromatic heterocycles. The molecule has 5 heteroatoms. The van der Waals surface area contributed by atoms with Crippen LogP contribution in [-0.4, -0.2) is 42.2 Å². The third-order valence-electron chi connectivity index (χ3n) is 5.35. The molecule has 5 nitrogen and oxygen atoms in total. The van der Waals surface area contributed by atoms with Gasteiger partial charge >= 0.3 is 0 Å². The summed E-state index contributed by atoms with van der Waals surface area (Å²) in [5.41, 5.74) is 1.05. The predicted octanol–water partition coefficient (Wildman–Crippen LogP) is 3.38. The molecule has 1 heterocycles. The number of guanidine groups is 1. The Morgan fingerprint density at radius 2 is 1.96 bits per heavy atom. The number of phenols is 1. The molecule has 2 N–H and O–H groups in total. The molecule has 1 aromatic rings. The average Bonchev–Trinajstić information content (AvgIpc) is 3.05. The number of fused-ring (bicyclic) bond motifs is 1. The van der Waals surface area contributed by atoms with E-state index in [2.05, 4.69) is 17.1 Å². The molecule has 2 atom stereocenters. The van der Waals surface area contributed by atoms with Gasteiger partial charge in [0.1, 0.15) is 0 Å². The first-order valence-corrected chi connectivity index (χ1v) is 9.69. The topological polar surface area (TPSA) is 57.1 Å². The maximum Gasteiger partial charge on any atom is 0.194 e. The number of aliphatic imine (C=N–C) groups is 1. The van der Waals surface area contributed by atoms with Gasteiger partial charge in [0, 0.05) is 19.6 Å². The van der Waals surface area contributed by atoms with Crippen molar-refractivity contribution in [3.05, 3.63) is 23.8 Å². The Hall–Kier alpha value is -1.91. The molecule has 2 aliphatic rings. The molecule has 0 amide bonds. The highest BCUT2D eigenvalue weighted by atomic mass is 16.5. The van der Waals surface area contributed by atoms with Crippen LogP contribution in [0, 0.1) is 11.8 Å². The van der Waals surface area contributed by atoms with Crippen LogP contribution in [0.15, 0.2) is 23.2 Å². The SMILES string of the molecule is CCNC(=NCc1ccc(O)c(OCC)c1)N1CC2CCCCC2C1. The lowest BCUT2D eigenvalue weighted by Gasteiger charge is -2.22. The fraction of sp³-hybridized carbons (Fsp3) is 0.650. The number of phenolic OH excluding ortho intramolecular Hbond substituents is 1. The summed E-state index contributed by atoms with van der Waals surface area (Å²) in [6, 6.07) is 5.48. The summed E-state index contributed by atoms with van der Waals surface area (Å²) in [6.45, 7) is 8.32. The van der Waals surface area contributed by atoms with Crippen LogP contribution >= 0.6 is 0 Å². The summed E-state index contributed by atoms with van der Waals surface area (Å²) in [7, 11) is 0. The molecule has 1 saturated carbocycles. The first-order valence-electron chi connectivity index (χ1n) is 9.69. The standard InChI is InChI=1S/C20H31N3O2/c1-3-21-20(23-13-16-7-5-6-8-17(16)14-23)22-12-15-9-10-18(24)19(11-15)25-4-2/h9-11,16-17,24H,3-8,12-14H2,1-2H3,(H,21,22). The highest BCUT2D eigenvalue weighted by Gasteiger charge is 2.35. The van der Waals surface area contributed by atoms with E-state index in [1.807, 2.05) is 19.1 Å². The second-order valence-electron chi connectivity index (χ2n) is 7.11. The van der Waals surface area contributed by atoms with Crippen molar-refractivity contribution in [2.45, 2.75) is 46.1 Å². The fourth-order valence-electron chi connectivity index (χ4n) is 4.10. The van der Waals surface area contributed by atoms with E-state index >= 15 is 0 Å². The van der Waals surface area contributed by atoms with Gasteiger partial charge in [-0.05, 0) is 56.2 Å². The molecule has 2 unspecified atom stereocenters. The Morgan fingerprint density at radius 3 is 2.60 bits per heavy atom. The van der Waals surface area contributed by atoms with E-state index in [0.717, 1.165) is 43.0 Å². The average molecular weight is 345 g/mol. The van der Waals surface area contributed by atoms with Gasteiger partial charge in [-0.25, -0.2) is 4.99 Å². The quantitative estimate of drug-likeness (QED) is 0.634. The molecular weight excluding hydrogens is 314 g/mol. The van der Waals surface area contributed by atoms with Gasteiger partial charge in [-0.1, -0.05) is 18.9 Å². The molecule has 1 aromatic carbocycles. The highest BCUT2D eigenvalue weighted by molar-refractivity contribution is 5.80. The summed E-state index contributed by atoms with van der Waals surface area (Å²) < 4.78 is 5.47. The van der Waals surface area contributed by atoms with E-state index in [9.17, 15) is 5.11 Å². The summed E-state index contributed by atoms with van der Waals surface area (Å²) in [4.78, 5) is 7.29. The Kier molecular flexibility index (Phi) is 6.05. The van der Waals surface area contributed by atoms with Crippen molar-refractivity contribution in [3.8, 4) is 11.5 Å². The summed E-state index contributed by atoms with van der Waals surface area (Å²) in [5, 5.41) is 13.3. The minimum absolute atomic E-state index is 0.185. The number of nitrogens with zero attached hydrogens (tertiary/aromatic N) is 2. The van der Waals surface area contributed by atoms with Crippen molar-refractivity contribution < 1.29 is 9.84 Å². The Balaban J connectivity index is 1.69. The number of likely N-dealkylation sites (tertiary alicyclic amines) is 1. The second kappa shape index (κ2) is 8.45. The number of hydrogen-bond acceptors (Lipinski definition) is 3. The van der Waals surface area contributed by atoms with Crippen molar-refractivity contribution >= 4 is 5.96 Å². The molecule has 1 saturated heterocycles. The van der Waals surface area contributed by atoms with Crippen molar-refractivity contribution in [1.29, 1.82) is 0 Å². The lowest BCUT2D eigenvalue weighted by atomic mass is 9.82.